The van der Waals surface area contributed by atoms with Crippen molar-refractivity contribution in [3.05, 3.63) is 252 Å². The third kappa shape index (κ3) is 6.25. The highest BCUT2D eigenvalue weighted by atomic mass is 28.3. The van der Waals surface area contributed by atoms with E-state index in [-0.39, 0.29) is 23.8 Å². The number of para-hydroxylation sites is 2. The fourth-order valence-corrected chi connectivity index (χ4v) is 22.2. The lowest BCUT2D eigenvalue weighted by Gasteiger charge is -2.47. The summed E-state index contributed by atoms with van der Waals surface area (Å²) in [6, 6.07) is 70.9. The first-order chi connectivity index (χ1) is 32.2. The lowest BCUT2D eigenvalue weighted by atomic mass is 9.92. The quantitative estimate of drug-likeness (QED) is 0.160. The predicted molar refractivity (Wildman–Crippen MR) is 269 cm³/mol. The Morgan fingerprint density at radius 1 is 0.523 bits per heavy atom. The summed E-state index contributed by atoms with van der Waals surface area (Å²) in [5.41, 5.74) is 3.44. The second kappa shape index (κ2) is 16.2. The molecule has 5 aliphatic rings. The summed E-state index contributed by atoms with van der Waals surface area (Å²) in [6.45, 7) is 2.19. The number of hydrogen-bond donors (Lipinski definition) is 2. The van der Waals surface area contributed by atoms with Crippen LogP contribution in [-0.2, 0) is 0 Å². The first-order valence-corrected chi connectivity index (χ1v) is 27.0. The van der Waals surface area contributed by atoms with Gasteiger partial charge in [0.25, 0.3) is 0 Å². The Morgan fingerprint density at radius 2 is 1.05 bits per heavy atom. The van der Waals surface area contributed by atoms with Gasteiger partial charge >= 0.3 is 0 Å². The summed E-state index contributed by atoms with van der Waals surface area (Å²) >= 11 is 0. The van der Waals surface area contributed by atoms with E-state index in [9.17, 15) is 0 Å². The molecule has 7 aromatic carbocycles. The molecule has 2 aliphatic carbocycles. The Morgan fingerprint density at radius 3 is 1.69 bits per heavy atom. The minimum absolute atomic E-state index is 0.0660. The molecule has 0 amide bonds. The molecule has 3 aliphatic heterocycles. The van der Waals surface area contributed by atoms with E-state index in [1.807, 2.05) is 0 Å². The SMILES string of the molecule is Cc1ccccc1C1N=C(C2=C3Oc4ccccc4[Si](c4ccccc4)(c4ccccc4)C3CC=C2)NC(C2CC=CC3=C2Oc2ccccc2[Si]3(c2ccccc2)c2ccccc2)N1. The van der Waals surface area contributed by atoms with Crippen LogP contribution in [0.4, 0.5) is 0 Å². The van der Waals surface area contributed by atoms with Crippen LogP contribution in [0.15, 0.2) is 246 Å². The smallest absolute Gasteiger partial charge is 0.187 e. The van der Waals surface area contributed by atoms with Gasteiger partial charge in [0, 0.05) is 5.54 Å². The maximum absolute atomic E-state index is 7.29. The number of aliphatic imine (C=N–C) groups is 1. The van der Waals surface area contributed by atoms with Crippen molar-refractivity contribution in [3.8, 4) is 11.5 Å². The molecule has 65 heavy (non-hydrogen) atoms. The number of ether oxygens (including phenoxy) is 2. The largest absolute Gasteiger partial charge is 0.461 e. The van der Waals surface area contributed by atoms with Crippen molar-refractivity contribution in [2.75, 3.05) is 0 Å². The van der Waals surface area contributed by atoms with Crippen LogP contribution in [0.25, 0.3) is 0 Å². The van der Waals surface area contributed by atoms with E-state index in [4.69, 9.17) is 14.5 Å². The molecule has 0 radical (unpaired) electrons. The van der Waals surface area contributed by atoms with Crippen LogP contribution in [0.5, 0.6) is 11.5 Å². The third-order valence-electron chi connectivity index (χ3n) is 14.4. The molecule has 3 heterocycles. The van der Waals surface area contributed by atoms with E-state index in [0.29, 0.717) is 0 Å². The van der Waals surface area contributed by atoms with Gasteiger partial charge < -0.3 is 14.8 Å². The van der Waals surface area contributed by atoms with Crippen molar-refractivity contribution in [2.24, 2.45) is 10.9 Å². The standard InChI is InChI=1S/C58H49N3O2Si2/c1-40-22-14-15-31-45(40)56-59-57(46-32-20-38-52-54(46)62-48-34-16-18-36-50(48)64(52,41-23-6-2-7-24-41)42-25-8-3-9-26-42)61-58(60-56)47-33-21-39-53-55(47)63-49-35-17-19-37-51(49)65(53,43-27-10-4-11-28-43)44-29-12-5-13-30-44/h2-32,34-37,39,47,52,56,58,60H,33,38H2,1H3,(H,59,61). The van der Waals surface area contributed by atoms with Gasteiger partial charge in [-0.1, -0.05) is 206 Å². The number of amidine groups is 1. The summed E-state index contributed by atoms with van der Waals surface area (Å²) in [5, 5.41) is 17.4. The van der Waals surface area contributed by atoms with E-state index in [1.54, 1.807) is 0 Å². The number of nitrogens with zero attached hydrogens (tertiary/aromatic N) is 1. The molecule has 0 saturated carbocycles. The van der Waals surface area contributed by atoms with E-state index in [2.05, 4.69) is 236 Å². The number of allylic oxidation sites excluding steroid dienone is 5. The molecule has 316 valence electrons. The van der Waals surface area contributed by atoms with Gasteiger partial charge in [-0.2, -0.15) is 0 Å². The van der Waals surface area contributed by atoms with Crippen molar-refractivity contribution in [1.29, 1.82) is 0 Å². The van der Waals surface area contributed by atoms with Crippen LogP contribution in [0.3, 0.4) is 0 Å². The summed E-state index contributed by atoms with van der Waals surface area (Å²) < 4.78 is 14.6. The van der Waals surface area contributed by atoms with Crippen LogP contribution in [-0.4, -0.2) is 28.1 Å². The molecule has 0 bridgehead atoms. The molecule has 12 rings (SSSR count). The fourth-order valence-electron chi connectivity index (χ4n) is 11.6. The summed E-state index contributed by atoms with van der Waals surface area (Å²) in [6.07, 6.45) is 10.5. The number of benzene rings is 7. The van der Waals surface area contributed by atoms with E-state index in [1.165, 1.54) is 41.9 Å². The summed E-state index contributed by atoms with van der Waals surface area (Å²) in [4.78, 5) is 5.64. The average Bonchev–Trinajstić information content (AvgIpc) is 3.38. The highest BCUT2D eigenvalue weighted by molar-refractivity contribution is 7.17. The van der Waals surface area contributed by atoms with Crippen LogP contribution in [0.1, 0.15) is 30.1 Å². The molecular formula is C58H49N3O2Si2. The number of hydrogen-bond acceptors (Lipinski definition) is 5. The van der Waals surface area contributed by atoms with Gasteiger partial charge in [0.05, 0.1) is 17.7 Å². The van der Waals surface area contributed by atoms with Gasteiger partial charge in [0.2, 0.25) is 0 Å². The predicted octanol–water partition coefficient (Wildman–Crippen LogP) is 7.99. The topological polar surface area (TPSA) is 54.9 Å². The number of fused-ring (bicyclic) bond motifs is 3. The summed E-state index contributed by atoms with van der Waals surface area (Å²) in [5.74, 6) is 4.65. The normalized spacial score (nSPS) is 22.2. The maximum atomic E-state index is 7.29. The zero-order valence-electron chi connectivity index (χ0n) is 36.3. The number of nitrogens with one attached hydrogen (secondary N) is 2. The molecule has 0 spiro atoms. The van der Waals surface area contributed by atoms with Crippen LogP contribution >= 0.6 is 0 Å². The van der Waals surface area contributed by atoms with Gasteiger partial charge in [0.1, 0.15) is 35.0 Å². The van der Waals surface area contributed by atoms with E-state index < -0.39 is 16.1 Å². The monoisotopic (exact) mass is 875 g/mol. The minimum Gasteiger partial charge on any atom is -0.461 e. The zero-order valence-corrected chi connectivity index (χ0v) is 38.3. The second-order valence-electron chi connectivity index (χ2n) is 17.7. The van der Waals surface area contributed by atoms with Crippen molar-refractivity contribution in [2.45, 2.75) is 37.6 Å². The van der Waals surface area contributed by atoms with Gasteiger partial charge in [-0.3, -0.25) is 5.32 Å². The first-order valence-electron chi connectivity index (χ1n) is 22.9. The van der Waals surface area contributed by atoms with Crippen molar-refractivity contribution < 1.29 is 9.47 Å². The third-order valence-corrected chi connectivity index (χ3v) is 24.5. The van der Waals surface area contributed by atoms with Crippen LogP contribution in [0.2, 0.25) is 5.54 Å². The lowest BCUT2D eigenvalue weighted by molar-refractivity contribution is 0.249. The van der Waals surface area contributed by atoms with Gasteiger partial charge in [-0.05, 0) is 79.3 Å². The molecule has 7 aromatic rings. The van der Waals surface area contributed by atoms with Crippen molar-refractivity contribution >= 4 is 53.1 Å². The van der Waals surface area contributed by atoms with Gasteiger partial charge in [-0.15, -0.1) is 0 Å². The first kappa shape index (κ1) is 39.5. The van der Waals surface area contributed by atoms with Crippen molar-refractivity contribution in [1.82, 2.24) is 10.6 Å². The molecule has 4 atom stereocenters. The summed E-state index contributed by atoms with van der Waals surface area (Å²) in [7, 11) is -5.62. The van der Waals surface area contributed by atoms with E-state index >= 15 is 0 Å². The van der Waals surface area contributed by atoms with Gasteiger partial charge in [-0.25, -0.2) is 4.99 Å². The molecule has 0 aromatic heterocycles. The lowest BCUT2D eigenvalue weighted by Crippen LogP contribution is -2.72. The highest BCUT2D eigenvalue weighted by Gasteiger charge is 2.55. The van der Waals surface area contributed by atoms with Crippen molar-refractivity contribution in [3.63, 3.8) is 0 Å². The zero-order chi connectivity index (χ0) is 43.4. The van der Waals surface area contributed by atoms with Crippen LogP contribution < -0.4 is 51.2 Å². The highest BCUT2D eigenvalue weighted by Crippen LogP contribution is 2.45. The molecule has 5 nitrogen and oxygen atoms in total. The molecule has 0 fully saturated rings. The molecule has 2 N–H and O–H groups in total. The molecule has 7 heteroatoms. The average molecular weight is 876 g/mol. The van der Waals surface area contributed by atoms with E-state index in [0.717, 1.165) is 52.8 Å². The number of aryl methyl sites for hydroxylation is 1. The Bertz CT molecular complexity index is 3010. The van der Waals surface area contributed by atoms with Gasteiger partial charge in [0.15, 0.2) is 16.1 Å². The Labute approximate surface area is 383 Å². The Balaban J connectivity index is 1.05. The Hall–Kier alpha value is -7.04. The number of rotatable bonds is 7. The molecule has 0 saturated heterocycles. The fraction of sp³-hybridized carbons (Fsp3) is 0.121. The minimum atomic E-state index is -2.85. The molecular weight excluding hydrogens is 827 g/mol. The Kier molecular flexibility index (Phi) is 9.85. The molecule has 4 unspecified atom stereocenters. The van der Waals surface area contributed by atoms with Crippen LogP contribution in [0, 0.1) is 12.8 Å². The second-order valence-corrected chi connectivity index (χ2v) is 25.5. The maximum Gasteiger partial charge on any atom is 0.187 e.